The first-order chi connectivity index (χ1) is 13.7. The molecule has 2 heterocycles. The second kappa shape index (κ2) is 9.50. The number of carbonyl (C=O) groups is 1. The molecule has 1 aromatic carbocycles. The normalized spacial score (nSPS) is 10.4. The molecule has 144 valence electrons. The van der Waals surface area contributed by atoms with Gasteiger partial charge < -0.3 is 15.5 Å². The molecule has 0 bridgehead atoms. The van der Waals surface area contributed by atoms with Crippen LogP contribution in [0.5, 0.6) is 0 Å². The lowest BCUT2D eigenvalue weighted by atomic mass is 10.2. The smallest absolute Gasteiger partial charge is 0.255 e. The number of anilines is 3. The number of amides is 1. The maximum Gasteiger partial charge on any atom is 0.255 e. The van der Waals surface area contributed by atoms with Crippen LogP contribution in [-0.4, -0.2) is 29.0 Å². The van der Waals surface area contributed by atoms with Gasteiger partial charge in [0.05, 0.1) is 0 Å². The Morgan fingerprint density at radius 1 is 1.04 bits per heavy atom. The van der Waals surface area contributed by atoms with Crippen molar-refractivity contribution in [2.45, 2.75) is 20.4 Å². The highest BCUT2D eigenvalue weighted by atomic mass is 16.1. The summed E-state index contributed by atoms with van der Waals surface area (Å²) in [4.78, 5) is 23.2. The van der Waals surface area contributed by atoms with Crippen LogP contribution in [0.1, 0.15) is 29.8 Å². The van der Waals surface area contributed by atoms with Crippen LogP contribution in [0.2, 0.25) is 0 Å². The third-order valence-electron chi connectivity index (χ3n) is 4.47. The molecule has 3 rings (SSSR count). The molecule has 0 saturated heterocycles. The number of hydrogen-bond donors (Lipinski definition) is 2. The molecule has 2 N–H and O–H groups in total. The van der Waals surface area contributed by atoms with Crippen molar-refractivity contribution < 1.29 is 4.79 Å². The van der Waals surface area contributed by atoms with Crippen molar-refractivity contribution in [2.24, 2.45) is 0 Å². The van der Waals surface area contributed by atoms with Crippen LogP contribution in [0.3, 0.4) is 0 Å². The largest absolute Gasteiger partial charge is 0.372 e. The summed E-state index contributed by atoms with van der Waals surface area (Å²) in [5, 5.41) is 6.15. The maximum absolute atomic E-state index is 12.6. The lowest BCUT2D eigenvalue weighted by Gasteiger charge is -2.21. The molecule has 0 aliphatic heterocycles. The van der Waals surface area contributed by atoms with E-state index >= 15 is 0 Å². The topological polar surface area (TPSA) is 70.2 Å². The molecule has 0 spiro atoms. The van der Waals surface area contributed by atoms with Crippen LogP contribution >= 0.6 is 0 Å². The van der Waals surface area contributed by atoms with Crippen LogP contribution in [0, 0.1) is 0 Å². The second-order valence-corrected chi connectivity index (χ2v) is 6.32. The summed E-state index contributed by atoms with van der Waals surface area (Å²) < 4.78 is 0. The Morgan fingerprint density at radius 3 is 2.50 bits per heavy atom. The van der Waals surface area contributed by atoms with E-state index in [0.29, 0.717) is 17.9 Å². The van der Waals surface area contributed by atoms with Crippen molar-refractivity contribution in [3.05, 3.63) is 78.2 Å². The minimum absolute atomic E-state index is 0.164. The van der Waals surface area contributed by atoms with E-state index in [9.17, 15) is 4.79 Å². The third kappa shape index (κ3) is 5.07. The first-order valence-corrected chi connectivity index (χ1v) is 9.44. The average molecular weight is 375 g/mol. The first kappa shape index (κ1) is 19.4. The molecule has 0 fully saturated rings. The Bertz CT molecular complexity index is 892. The molecule has 2 aromatic heterocycles. The van der Waals surface area contributed by atoms with Gasteiger partial charge in [-0.2, -0.15) is 0 Å². The average Bonchev–Trinajstić information content (AvgIpc) is 2.75. The summed E-state index contributed by atoms with van der Waals surface area (Å²) >= 11 is 0. The number of nitrogens with one attached hydrogen (secondary N) is 2. The number of benzene rings is 1. The van der Waals surface area contributed by atoms with Crippen LogP contribution in [-0.2, 0) is 6.54 Å². The van der Waals surface area contributed by atoms with Gasteiger partial charge in [-0.15, -0.1) is 0 Å². The standard InChI is InChI=1S/C22H25N5O/c1-3-27(4-2)20-9-7-19(8-10-20)26-22(28)18-11-13-24-21(14-18)25-16-17-6-5-12-23-15-17/h5-15H,3-4,16H2,1-2H3,(H,24,25)(H,26,28). The highest BCUT2D eigenvalue weighted by molar-refractivity contribution is 6.04. The van der Waals surface area contributed by atoms with Gasteiger partial charge in [0, 0.05) is 55.2 Å². The molecule has 3 aromatic rings. The lowest BCUT2D eigenvalue weighted by Crippen LogP contribution is -2.21. The van der Waals surface area contributed by atoms with E-state index in [4.69, 9.17) is 0 Å². The number of aromatic nitrogens is 2. The predicted molar refractivity (Wildman–Crippen MR) is 114 cm³/mol. The Hall–Kier alpha value is -3.41. The van der Waals surface area contributed by atoms with Gasteiger partial charge in [0.1, 0.15) is 5.82 Å². The van der Waals surface area contributed by atoms with Gasteiger partial charge in [0.2, 0.25) is 0 Å². The summed E-state index contributed by atoms with van der Waals surface area (Å²) in [5.74, 6) is 0.482. The quantitative estimate of drug-likeness (QED) is 0.618. The fraction of sp³-hybridized carbons (Fsp3) is 0.227. The van der Waals surface area contributed by atoms with E-state index in [2.05, 4.69) is 39.3 Å². The van der Waals surface area contributed by atoms with E-state index in [0.717, 1.165) is 30.0 Å². The zero-order valence-electron chi connectivity index (χ0n) is 16.2. The molecule has 0 aliphatic carbocycles. The molecule has 6 nitrogen and oxygen atoms in total. The summed E-state index contributed by atoms with van der Waals surface area (Å²) in [6.07, 6.45) is 5.16. The maximum atomic E-state index is 12.6. The SMILES string of the molecule is CCN(CC)c1ccc(NC(=O)c2ccnc(NCc3cccnc3)c2)cc1. The van der Waals surface area contributed by atoms with Crippen LogP contribution in [0.4, 0.5) is 17.2 Å². The van der Waals surface area contributed by atoms with E-state index in [1.807, 2.05) is 36.4 Å². The predicted octanol–water partition coefficient (Wildman–Crippen LogP) is 4.19. The zero-order valence-corrected chi connectivity index (χ0v) is 16.2. The van der Waals surface area contributed by atoms with Gasteiger partial charge in [-0.25, -0.2) is 4.98 Å². The van der Waals surface area contributed by atoms with Crippen molar-refractivity contribution in [1.82, 2.24) is 9.97 Å². The third-order valence-corrected chi connectivity index (χ3v) is 4.47. The monoisotopic (exact) mass is 375 g/mol. The van der Waals surface area contributed by atoms with Crippen LogP contribution in [0.25, 0.3) is 0 Å². The number of carbonyl (C=O) groups excluding carboxylic acids is 1. The molecule has 1 amide bonds. The summed E-state index contributed by atoms with van der Waals surface area (Å²) in [5.41, 5.74) is 3.51. The Morgan fingerprint density at radius 2 is 1.82 bits per heavy atom. The van der Waals surface area contributed by atoms with Crippen molar-refractivity contribution >= 4 is 23.1 Å². The second-order valence-electron chi connectivity index (χ2n) is 6.32. The minimum atomic E-state index is -0.164. The molecular formula is C22H25N5O. The van der Waals surface area contributed by atoms with E-state index in [-0.39, 0.29) is 5.91 Å². The molecule has 6 heteroatoms. The molecule has 0 radical (unpaired) electrons. The van der Waals surface area contributed by atoms with Crippen molar-refractivity contribution in [2.75, 3.05) is 28.6 Å². The van der Waals surface area contributed by atoms with Gasteiger partial charge in [0.25, 0.3) is 5.91 Å². The van der Waals surface area contributed by atoms with Gasteiger partial charge in [-0.1, -0.05) is 6.07 Å². The Balaban J connectivity index is 1.62. The summed E-state index contributed by atoms with van der Waals surface area (Å²) in [7, 11) is 0. The molecular weight excluding hydrogens is 350 g/mol. The number of rotatable bonds is 8. The van der Waals surface area contributed by atoms with Gasteiger partial charge >= 0.3 is 0 Å². The molecule has 0 aliphatic rings. The number of pyridine rings is 2. The van der Waals surface area contributed by atoms with Crippen LogP contribution < -0.4 is 15.5 Å². The molecule has 0 saturated carbocycles. The Labute approximate surface area is 165 Å². The fourth-order valence-electron chi connectivity index (χ4n) is 2.91. The van der Waals surface area contributed by atoms with E-state index < -0.39 is 0 Å². The van der Waals surface area contributed by atoms with Gasteiger partial charge in [-0.3, -0.25) is 9.78 Å². The highest BCUT2D eigenvalue weighted by Gasteiger charge is 2.08. The van der Waals surface area contributed by atoms with E-state index in [1.165, 1.54) is 0 Å². The molecule has 0 unspecified atom stereocenters. The minimum Gasteiger partial charge on any atom is -0.372 e. The first-order valence-electron chi connectivity index (χ1n) is 9.44. The fourth-order valence-corrected chi connectivity index (χ4v) is 2.91. The van der Waals surface area contributed by atoms with Crippen molar-refractivity contribution in [1.29, 1.82) is 0 Å². The lowest BCUT2D eigenvalue weighted by molar-refractivity contribution is 0.102. The molecule has 0 atom stereocenters. The number of hydrogen-bond acceptors (Lipinski definition) is 5. The van der Waals surface area contributed by atoms with Crippen molar-refractivity contribution in [3.8, 4) is 0 Å². The van der Waals surface area contributed by atoms with Gasteiger partial charge in [0.15, 0.2) is 0 Å². The number of nitrogens with zero attached hydrogens (tertiary/aromatic N) is 3. The Kier molecular flexibility index (Phi) is 6.57. The highest BCUT2D eigenvalue weighted by Crippen LogP contribution is 2.18. The van der Waals surface area contributed by atoms with Crippen LogP contribution in [0.15, 0.2) is 67.1 Å². The molecule has 28 heavy (non-hydrogen) atoms. The van der Waals surface area contributed by atoms with Gasteiger partial charge in [-0.05, 0) is 61.9 Å². The summed E-state index contributed by atoms with van der Waals surface area (Å²) in [6, 6.07) is 15.2. The van der Waals surface area contributed by atoms with Crippen molar-refractivity contribution in [3.63, 3.8) is 0 Å². The summed E-state index contributed by atoms with van der Waals surface area (Å²) in [6.45, 7) is 6.76. The van der Waals surface area contributed by atoms with E-state index in [1.54, 1.807) is 30.7 Å². The zero-order chi connectivity index (χ0) is 19.8.